The van der Waals surface area contributed by atoms with Crippen molar-refractivity contribution < 1.29 is 9.53 Å². The summed E-state index contributed by atoms with van der Waals surface area (Å²) >= 11 is 3.53. The Morgan fingerprint density at radius 3 is 2.84 bits per heavy atom. The fraction of sp³-hybridized carbons (Fsp3) is 0.158. The normalized spacial score (nSPS) is 10.5. The highest BCUT2D eigenvalue weighted by molar-refractivity contribution is 9.10. The molecule has 3 aromatic rings. The Morgan fingerprint density at radius 2 is 2.04 bits per heavy atom. The predicted molar refractivity (Wildman–Crippen MR) is 101 cm³/mol. The zero-order valence-corrected chi connectivity index (χ0v) is 15.4. The number of carbonyl (C=O) groups is 1. The average molecular weight is 400 g/mol. The van der Waals surface area contributed by atoms with Gasteiger partial charge in [-0.15, -0.1) is 0 Å². The summed E-state index contributed by atoms with van der Waals surface area (Å²) in [6.07, 6.45) is 1.95. The Morgan fingerprint density at radius 1 is 1.20 bits per heavy atom. The Balaban J connectivity index is 1.68. The van der Waals surface area contributed by atoms with Crippen LogP contribution in [0.4, 0.5) is 5.82 Å². The topological polar surface area (TPSA) is 56.1 Å². The van der Waals surface area contributed by atoms with E-state index in [-0.39, 0.29) is 12.3 Å². The third-order valence-electron chi connectivity index (χ3n) is 3.76. The van der Waals surface area contributed by atoms with Gasteiger partial charge in [0, 0.05) is 10.5 Å². The molecular formula is C19H18BrN3O2. The van der Waals surface area contributed by atoms with Crippen molar-refractivity contribution in [1.82, 2.24) is 9.78 Å². The van der Waals surface area contributed by atoms with Gasteiger partial charge in [-0.1, -0.05) is 46.3 Å². The number of methoxy groups -OCH3 is 1. The second-order valence-corrected chi connectivity index (χ2v) is 6.40. The van der Waals surface area contributed by atoms with Crippen molar-refractivity contribution in [2.45, 2.75) is 13.0 Å². The summed E-state index contributed by atoms with van der Waals surface area (Å²) in [5.41, 5.74) is 1.99. The van der Waals surface area contributed by atoms with Crippen LogP contribution in [0.3, 0.4) is 0 Å². The Hall–Kier alpha value is -2.60. The lowest BCUT2D eigenvalue weighted by Gasteiger charge is -2.10. The lowest BCUT2D eigenvalue weighted by molar-refractivity contribution is -0.115. The number of rotatable bonds is 6. The molecule has 0 unspecified atom stereocenters. The highest BCUT2D eigenvalue weighted by Crippen LogP contribution is 2.19. The number of hydrogen-bond acceptors (Lipinski definition) is 3. The van der Waals surface area contributed by atoms with Crippen LogP contribution in [0.5, 0.6) is 5.75 Å². The molecule has 0 radical (unpaired) electrons. The van der Waals surface area contributed by atoms with Crippen LogP contribution >= 0.6 is 15.9 Å². The van der Waals surface area contributed by atoms with E-state index in [1.54, 1.807) is 24.1 Å². The van der Waals surface area contributed by atoms with Gasteiger partial charge in [-0.25, -0.2) is 4.68 Å². The van der Waals surface area contributed by atoms with Gasteiger partial charge in [-0.05, 0) is 29.3 Å². The van der Waals surface area contributed by atoms with E-state index in [4.69, 9.17) is 4.74 Å². The van der Waals surface area contributed by atoms with E-state index in [1.165, 1.54) is 0 Å². The third-order valence-corrected chi connectivity index (χ3v) is 4.53. The van der Waals surface area contributed by atoms with Crippen LogP contribution in [0.1, 0.15) is 11.1 Å². The molecule has 0 spiro atoms. The Labute approximate surface area is 154 Å². The number of benzene rings is 2. The molecule has 0 aliphatic carbocycles. The molecule has 0 bridgehead atoms. The van der Waals surface area contributed by atoms with Gasteiger partial charge in [0.25, 0.3) is 0 Å². The molecule has 0 fully saturated rings. The van der Waals surface area contributed by atoms with Crippen LogP contribution in [0, 0.1) is 0 Å². The molecule has 1 aromatic heterocycles. The van der Waals surface area contributed by atoms with E-state index in [1.807, 2.05) is 48.5 Å². The predicted octanol–water partition coefficient (Wildman–Crippen LogP) is 3.88. The van der Waals surface area contributed by atoms with Gasteiger partial charge in [0.2, 0.25) is 5.91 Å². The zero-order valence-electron chi connectivity index (χ0n) is 13.8. The van der Waals surface area contributed by atoms with Crippen LogP contribution < -0.4 is 10.1 Å². The molecule has 6 heteroatoms. The first-order valence-corrected chi connectivity index (χ1v) is 8.63. The molecule has 128 valence electrons. The number of aromatic nitrogens is 2. The standard InChI is InChI=1S/C19H18BrN3O2/c1-25-16-7-4-5-14(11-16)12-19(24)22-18-9-10-21-23(18)13-15-6-2-3-8-17(15)20/h2-11H,12-13H2,1H3,(H,22,24). The molecule has 1 amide bonds. The molecule has 0 saturated carbocycles. The van der Waals surface area contributed by atoms with Crippen molar-refractivity contribution in [2.75, 3.05) is 12.4 Å². The first-order chi connectivity index (χ1) is 12.2. The summed E-state index contributed by atoms with van der Waals surface area (Å²) in [6.45, 7) is 0.573. The lowest BCUT2D eigenvalue weighted by Crippen LogP contribution is -2.18. The number of ether oxygens (including phenoxy) is 1. The number of nitrogens with zero attached hydrogens (tertiary/aromatic N) is 2. The molecule has 0 aliphatic heterocycles. The summed E-state index contributed by atoms with van der Waals surface area (Å²) in [4.78, 5) is 12.3. The van der Waals surface area contributed by atoms with Crippen LogP contribution in [-0.2, 0) is 17.8 Å². The van der Waals surface area contributed by atoms with Crippen LogP contribution in [0.2, 0.25) is 0 Å². The molecule has 3 rings (SSSR count). The van der Waals surface area contributed by atoms with Crippen molar-refractivity contribution >= 4 is 27.7 Å². The van der Waals surface area contributed by atoms with Crippen LogP contribution in [-0.4, -0.2) is 22.8 Å². The number of carbonyl (C=O) groups excluding carboxylic acids is 1. The molecule has 2 aromatic carbocycles. The SMILES string of the molecule is COc1cccc(CC(=O)Nc2ccnn2Cc2ccccc2Br)c1. The summed E-state index contributed by atoms with van der Waals surface area (Å²) in [5, 5.41) is 7.22. The van der Waals surface area contributed by atoms with Gasteiger partial charge in [0.1, 0.15) is 11.6 Å². The smallest absolute Gasteiger partial charge is 0.229 e. The fourth-order valence-electron chi connectivity index (χ4n) is 2.51. The highest BCUT2D eigenvalue weighted by atomic mass is 79.9. The van der Waals surface area contributed by atoms with Gasteiger partial charge in [0.15, 0.2) is 0 Å². The summed E-state index contributed by atoms with van der Waals surface area (Å²) in [7, 11) is 1.61. The lowest BCUT2D eigenvalue weighted by atomic mass is 10.1. The molecule has 0 atom stereocenters. The molecule has 5 nitrogen and oxygen atoms in total. The second-order valence-electron chi connectivity index (χ2n) is 5.54. The first kappa shape index (κ1) is 17.2. The van der Waals surface area contributed by atoms with Crippen molar-refractivity contribution in [1.29, 1.82) is 0 Å². The molecule has 1 N–H and O–H groups in total. The highest BCUT2D eigenvalue weighted by Gasteiger charge is 2.10. The van der Waals surface area contributed by atoms with Gasteiger partial charge in [0.05, 0.1) is 26.3 Å². The Kier molecular flexibility index (Phi) is 5.50. The van der Waals surface area contributed by atoms with Crippen LogP contribution in [0.25, 0.3) is 0 Å². The monoisotopic (exact) mass is 399 g/mol. The summed E-state index contributed by atoms with van der Waals surface area (Å²) in [5.74, 6) is 1.31. The van der Waals surface area contributed by atoms with Gasteiger partial charge >= 0.3 is 0 Å². The third kappa shape index (κ3) is 4.48. The number of nitrogens with one attached hydrogen (secondary N) is 1. The van der Waals surface area contributed by atoms with E-state index >= 15 is 0 Å². The van der Waals surface area contributed by atoms with Crippen molar-refractivity contribution in [3.8, 4) is 5.75 Å². The number of halogens is 1. The Bertz CT molecular complexity index is 876. The van der Waals surface area contributed by atoms with E-state index in [0.29, 0.717) is 12.4 Å². The molecule has 1 heterocycles. The largest absolute Gasteiger partial charge is 0.497 e. The van der Waals surface area contributed by atoms with E-state index in [2.05, 4.69) is 26.3 Å². The minimum Gasteiger partial charge on any atom is -0.497 e. The number of anilines is 1. The van der Waals surface area contributed by atoms with E-state index in [9.17, 15) is 4.79 Å². The average Bonchev–Trinajstić information content (AvgIpc) is 3.03. The van der Waals surface area contributed by atoms with Crippen molar-refractivity contribution in [3.05, 3.63) is 76.4 Å². The maximum absolute atomic E-state index is 12.3. The van der Waals surface area contributed by atoms with Crippen molar-refractivity contribution in [2.24, 2.45) is 0 Å². The number of hydrogen-bond donors (Lipinski definition) is 1. The quantitative estimate of drug-likeness (QED) is 0.683. The fourth-order valence-corrected chi connectivity index (χ4v) is 2.92. The summed E-state index contributed by atoms with van der Waals surface area (Å²) < 4.78 is 7.97. The van der Waals surface area contributed by atoms with Gasteiger partial charge in [-0.3, -0.25) is 4.79 Å². The van der Waals surface area contributed by atoms with E-state index < -0.39 is 0 Å². The minimum absolute atomic E-state index is 0.0952. The maximum atomic E-state index is 12.3. The summed E-state index contributed by atoms with van der Waals surface area (Å²) in [6, 6.07) is 17.2. The second kappa shape index (κ2) is 7.98. The van der Waals surface area contributed by atoms with Gasteiger partial charge in [-0.2, -0.15) is 5.10 Å². The van der Waals surface area contributed by atoms with E-state index in [0.717, 1.165) is 21.3 Å². The van der Waals surface area contributed by atoms with Crippen LogP contribution in [0.15, 0.2) is 65.3 Å². The molecule has 25 heavy (non-hydrogen) atoms. The van der Waals surface area contributed by atoms with Gasteiger partial charge < -0.3 is 10.1 Å². The zero-order chi connectivity index (χ0) is 17.6. The maximum Gasteiger partial charge on any atom is 0.229 e. The minimum atomic E-state index is -0.0952. The first-order valence-electron chi connectivity index (χ1n) is 7.83. The van der Waals surface area contributed by atoms with Crippen molar-refractivity contribution in [3.63, 3.8) is 0 Å². The number of amides is 1. The molecule has 0 saturated heterocycles. The molecule has 0 aliphatic rings. The molecular weight excluding hydrogens is 382 g/mol.